The van der Waals surface area contributed by atoms with Crippen molar-refractivity contribution >= 4 is 23.4 Å². The van der Waals surface area contributed by atoms with E-state index in [1.165, 1.54) is 0 Å². The normalized spacial score (nSPS) is 16.5. The van der Waals surface area contributed by atoms with Gasteiger partial charge in [0.25, 0.3) is 5.91 Å². The van der Waals surface area contributed by atoms with Crippen LogP contribution in [0.15, 0.2) is 0 Å². The SMILES string of the molecule is CC(C)c1[nH]nc(C(=O)N2CCSCC2)c1N. The highest BCUT2D eigenvalue weighted by Crippen LogP contribution is 2.23. The van der Waals surface area contributed by atoms with E-state index in [4.69, 9.17) is 5.73 Å². The Morgan fingerprint density at radius 3 is 2.65 bits per heavy atom. The summed E-state index contributed by atoms with van der Waals surface area (Å²) in [4.78, 5) is 14.0. The van der Waals surface area contributed by atoms with E-state index in [9.17, 15) is 4.79 Å². The van der Waals surface area contributed by atoms with Gasteiger partial charge in [-0.25, -0.2) is 0 Å². The lowest BCUT2D eigenvalue weighted by molar-refractivity contribution is 0.0767. The molecule has 1 fully saturated rings. The van der Waals surface area contributed by atoms with Crippen molar-refractivity contribution in [3.05, 3.63) is 11.4 Å². The summed E-state index contributed by atoms with van der Waals surface area (Å²) < 4.78 is 0. The second-order valence-electron chi connectivity index (χ2n) is 4.46. The maximum absolute atomic E-state index is 12.2. The van der Waals surface area contributed by atoms with E-state index >= 15 is 0 Å². The molecule has 0 radical (unpaired) electrons. The number of amides is 1. The van der Waals surface area contributed by atoms with Crippen LogP contribution in [-0.2, 0) is 0 Å². The minimum atomic E-state index is -0.0500. The van der Waals surface area contributed by atoms with Crippen LogP contribution in [0, 0.1) is 0 Å². The zero-order valence-corrected chi connectivity index (χ0v) is 11.0. The fourth-order valence-electron chi connectivity index (χ4n) is 1.88. The molecule has 1 aromatic rings. The Morgan fingerprint density at radius 1 is 1.47 bits per heavy atom. The topological polar surface area (TPSA) is 75.0 Å². The molecule has 0 unspecified atom stereocenters. The average molecular weight is 254 g/mol. The van der Waals surface area contributed by atoms with Gasteiger partial charge in [-0.2, -0.15) is 16.9 Å². The number of hydrogen-bond donors (Lipinski definition) is 2. The van der Waals surface area contributed by atoms with Gasteiger partial charge in [-0.15, -0.1) is 0 Å². The molecular formula is C11H18N4OS. The summed E-state index contributed by atoms with van der Waals surface area (Å²) in [7, 11) is 0. The number of carbonyl (C=O) groups excluding carboxylic acids is 1. The number of hydrogen-bond acceptors (Lipinski definition) is 4. The number of anilines is 1. The number of H-pyrrole nitrogens is 1. The quantitative estimate of drug-likeness (QED) is 0.834. The molecule has 2 rings (SSSR count). The molecule has 0 spiro atoms. The fourth-order valence-corrected chi connectivity index (χ4v) is 2.79. The molecule has 1 aromatic heterocycles. The number of nitrogens with zero attached hydrogens (tertiary/aromatic N) is 2. The number of rotatable bonds is 2. The molecule has 0 atom stereocenters. The molecule has 3 N–H and O–H groups in total. The molecule has 0 saturated carbocycles. The van der Waals surface area contributed by atoms with Gasteiger partial charge in [0.15, 0.2) is 5.69 Å². The predicted molar refractivity (Wildman–Crippen MR) is 70.3 cm³/mol. The summed E-state index contributed by atoms with van der Waals surface area (Å²) in [5.74, 6) is 2.19. The van der Waals surface area contributed by atoms with Gasteiger partial charge in [-0.3, -0.25) is 9.89 Å². The summed E-state index contributed by atoms with van der Waals surface area (Å²) in [5, 5.41) is 6.93. The first-order chi connectivity index (χ1) is 8.11. The highest BCUT2D eigenvalue weighted by atomic mass is 32.2. The van der Waals surface area contributed by atoms with Crippen molar-refractivity contribution in [2.24, 2.45) is 0 Å². The van der Waals surface area contributed by atoms with E-state index in [0.29, 0.717) is 11.4 Å². The Labute approximate surface area is 105 Å². The zero-order valence-electron chi connectivity index (χ0n) is 10.2. The first-order valence-electron chi connectivity index (χ1n) is 5.82. The number of nitrogens with two attached hydrogens (primary N) is 1. The predicted octanol–water partition coefficient (Wildman–Crippen LogP) is 1.30. The third-order valence-electron chi connectivity index (χ3n) is 2.91. The smallest absolute Gasteiger partial charge is 0.276 e. The molecule has 0 aliphatic carbocycles. The summed E-state index contributed by atoms with van der Waals surface area (Å²) in [6.45, 7) is 5.62. The monoisotopic (exact) mass is 254 g/mol. The van der Waals surface area contributed by atoms with Crippen molar-refractivity contribution in [2.75, 3.05) is 30.3 Å². The summed E-state index contributed by atoms with van der Waals surface area (Å²) in [6.07, 6.45) is 0. The van der Waals surface area contributed by atoms with Crippen LogP contribution in [0.4, 0.5) is 5.69 Å². The largest absolute Gasteiger partial charge is 0.395 e. The van der Waals surface area contributed by atoms with Crippen molar-refractivity contribution in [3.63, 3.8) is 0 Å². The third kappa shape index (κ3) is 2.41. The van der Waals surface area contributed by atoms with E-state index in [0.717, 1.165) is 30.3 Å². The molecule has 0 aromatic carbocycles. The van der Waals surface area contributed by atoms with Gasteiger partial charge in [0, 0.05) is 24.6 Å². The van der Waals surface area contributed by atoms with Crippen LogP contribution in [0.5, 0.6) is 0 Å². The van der Waals surface area contributed by atoms with Gasteiger partial charge in [0.1, 0.15) is 0 Å². The number of carbonyl (C=O) groups is 1. The molecule has 6 heteroatoms. The van der Waals surface area contributed by atoms with Crippen molar-refractivity contribution in [3.8, 4) is 0 Å². The summed E-state index contributed by atoms with van der Waals surface area (Å²) in [6, 6.07) is 0. The molecule has 1 amide bonds. The lowest BCUT2D eigenvalue weighted by atomic mass is 10.1. The Morgan fingerprint density at radius 2 is 2.12 bits per heavy atom. The van der Waals surface area contributed by atoms with Crippen LogP contribution in [-0.4, -0.2) is 45.6 Å². The minimum absolute atomic E-state index is 0.0500. The van der Waals surface area contributed by atoms with Crippen LogP contribution in [0.3, 0.4) is 0 Å². The molecule has 1 saturated heterocycles. The average Bonchev–Trinajstić information content (AvgIpc) is 2.71. The Balaban J connectivity index is 2.19. The van der Waals surface area contributed by atoms with E-state index in [-0.39, 0.29) is 11.8 Å². The third-order valence-corrected chi connectivity index (χ3v) is 3.85. The van der Waals surface area contributed by atoms with Crippen LogP contribution >= 0.6 is 11.8 Å². The molecule has 94 valence electrons. The van der Waals surface area contributed by atoms with E-state index < -0.39 is 0 Å². The van der Waals surface area contributed by atoms with Crippen LogP contribution in [0.2, 0.25) is 0 Å². The van der Waals surface area contributed by atoms with E-state index in [2.05, 4.69) is 10.2 Å². The van der Waals surface area contributed by atoms with E-state index in [1.807, 2.05) is 30.5 Å². The van der Waals surface area contributed by atoms with Crippen LogP contribution in [0.1, 0.15) is 35.9 Å². The number of aromatic amines is 1. The molecular weight excluding hydrogens is 236 g/mol. The lowest BCUT2D eigenvalue weighted by Gasteiger charge is -2.25. The standard InChI is InChI=1S/C11H18N4OS/c1-7(2)9-8(12)10(14-13-9)11(16)15-3-5-17-6-4-15/h7H,3-6,12H2,1-2H3,(H,13,14). The minimum Gasteiger partial charge on any atom is -0.395 e. The zero-order chi connectivity index (χ0) is 12.4. The maximum Gasteiger partial charge on any atom is 0.276 e. The van der Waals surface area contributed by atoms with Crippen molar-refractivity contribution < 1.29 is 4.79 Å². The number of thioether (sulfide) groups is 1. The highest BCUT2D eigenvalue weighted by Gasteiger charge is 2.24. The molecule has 1 aliphatic heterocycles. The first-order valence-corrected chi connectivity index (χ1v) is 6.97. The van der Waals surface area contributed by atoms with E-state index in [1.54, 1.807) is 0 Å². The second kappa shape index (κ2) is 5.00. The van der Waals surface area contributed by atoms with Gasteiger partial charge in [0.2, 0.25) is 0 Å². The van der Waals surface area contributed by atoms with Gasteiger partial charge in [0.05, 0.1) is 11.4 Å². The molecule has 17 heavy (non-hydrogen) atoms. The second-order valence-corrected chi connectivity index (χ2v) is 5.68. The van der Waals surface area contributed by atoms with Crippen molar-refractivity contribution in [1.29, 1.82) is 0 Å². The summed E-state index contributed by atoms with van der Waals surface area (Å²) in [5.41, 5.74) is 7.69. The summed E-state index contributed by atoms with van der Waals surface area (Å²) >= 11 is 1.87. The van der Waals surface area contributed by atoms with Crippen molar-refractivity contribution in [2.45, 2.75) is 19.8 Å². The Kier molecular flexibility index (Phi) is 3.61. The number of nitrogens with one attached hydrogen (secondary N) is 1. The molecule has 1 aliphatic rings. The molecule has 2 heterocycles. The number of nitrogen functional groups attached to an aromatic ring is 1. The van der Waals surface area contributed by atoms with Gasteiger partial charge in [-0.1, -0.05) is 13.8 Å². The lowest BCUT2D eigenvalue weighted by Crippen LogP contribution is -2.38. The van der Waals surface area contributed by atoms with Gasteiger partial charge in [-0.05, 0) is 5.92 Å². The van der Waals surface area contributed by atoms with Crippen molar-refractivity contribution in [1.82, 2.24) is 15.1 Å². The highest BCUT2D eigenvalue weighted by molar-refractivity contribution is 7.99. The maximum atomic E-state index is 12.2. The number of aromatic nitrogens is 2. The first kappa shape index (κ1) is 12.3. The fraction of sp³-hybridized carbons (Fsp3) is 0.636. The van der Waals surface area contributed by atoms with Crippen LogP contribution < -0.4 is 5.73 Å². The van der Waals surface area contributed by atoms with Gasteiger partial charge < -0.3 is 10.6 Å². The Bertz CT molecular complexity index is 410. The Hall–Kier alpha value is -1.17. The van der Waals surface area contributed by atoms with Gasteiger partial charge >= 0.3 is 0 Å². The molecule has 0 bridgehead atoms. The molecule has 5 nitrogen and oxygen atoms in total. The van der Waals surface area contributed by atoms with Crippen LogP contribution in [0.25, 0.3) is 0 Å².